The SMILES string of the molecule is C=CC(=O)OCCOc1ccc(-c2ccc(CCCC)cc2)c([I-]CCC)c1. The summed E-state index contributed by atoms with van der Waals surface area (Å²) in [6.45, 7) is 8.42. The number of unbranched alkanes of at least 4 members (excludes halogenated alkanes) is 1. The van der Waals surface area contributed by atoms with Gasteiger partial charge in [-0.1, -0.05) is 0 Å². The van der Waals surface area contributed by atoms with E-state index in [1.54, 1.807) is 0 Å². The number of carbonyl (C=O) groups is 1. The van der Waals surface area contributed by atoms with Crippen LogP contribution in [-0.4, -0.2) is 23.6 Å². The van der Waals surface area contributed by atoms with Crippen LogP contribution < -0.4 is 25.9 Å². The summed E-state index contributed by atoms with van der Waals surface area (Å²) in [5, 5.41) is 0. The molecule has 0 heterocycles. The number of hydrogen-bond donors (Lipinski definition) is 0. The van der Waals surface area contributed by atoms with Crippen molar-refractivity contribution in [2.75, 3.05) is 17.6 Å². The Morgan fingerprint density at radius 2 is 1.86 bits per heavy atom. The molecule has 0 aliphatic carbocycles. The quantitative estimate of drug-likeness (QED) is 0.150. The molecule has 0 N–H and O–H groups in total. The molecule has 4 heteroatoms. The second-order valence-corrected chi connectivity index (χ2v) is 9.49. The number of rotatable bonds is 12. The Kier molecular flexibility index (Phi) is 10.1. The third-order valence-electron chi connectivity index (χ3n) is 4.21. The van der Waals surface area contributed by atoms with Crippen LogP contribution in [0, 0.1) is 3.57 Å². The maximum absolute atomic E-state index is 11.1. The molecule has 3 nitrogen and oxygen atoms in total. The van der Waals surface area contributed by atoms with Crippen LogP contribution in [0.5, 0.6) is 5.75 Å². The third-order valence-corrected chi connectivity index (χ3v) is 7.55. The van der Waals surface area contributed by atoms with Crippen LogP contribution in [0.15, 0.2) is 55.1 Å². The van der Waals surface area contributed by atoms with Crippen molar-refractivity contribution < 1.29 is 35.5 Å². The number of alkyl halides is 1. The summed E-state index contributed by atoms with van der Waals surface area (Å²) < 4.78 is 13.4. The van der Waals surface area contributed by atoms with Gasteiger partial charge in [-0.25, -0.2) is 0 Å². The molecule has 152 valence electrons. The Morgan fingerprint density at radius 1 is 1.07 bits per heavy atom. The zero-order chi connectivity index (χ0) is 20.2. The molecule has 0 saturated carbocycles. The van der Waals surface area contributed by atoms with Gasteiger partial charge in [-0.05, 0) is 0 Å². The molecule has 0 fully saturated rings. The van der Waals surface area contributed by atoms with E-state index in [9.17, 15) is 4.79 Å². The Hall–Kier alpha value is -1.82. The van der Waals surface area contributed by atoms with E-state index in [1.165, 1.54) is 44.0 Å². The second-order valence-electron chi connectivity index (χ2n) is 6.48. The average Bonchev–Trinajstić information content (AvgIpc) is 2.74. The molecule has 0 aliphatic rings. The van der Waals surface area contributed by atoms with E-state index < -0.39 is 5.97 Å². The molecule has 0 radical (unpaired) electrons. The zero-order valence-electron chi connectivity index (χ0n) is 16.9. The van der Waals surface area contributed by atoms with Crippen molar-refractivity contribution in [1.29, 1.82) is 0 Å². The van der Waals surface area contributed by atoms with Crippen LogP contribution >= 0.6 is 0 Å². The summed E-state index contributed by atoms with van der Waals surface area (Å²) in [7, 11) is 0. The van der Waals surface area contributed by atoms with Crippen LogP contribution in [0.2, 0.25) is 0 Å². The summed E-state index contributed by atoms with van der Waals surface area (Å²) >= 11 is -0.0669. The first kappa shape index (κ1) is 22.5. The van der Waals surface area contributed by atoms with Crippen molar-refractivity contribution in [1.82, 2.24) is 0 Å². The predicted molar refractivity (Wildman–Crippen MR) is 111 cm³/mol. The van der Waals surface area contributed by atoms with Crippen LogP contribution in [-0.2, 0) is 16.0 Å². The number of esters is 1. The minimum absolute atomic E-state index is 0.0669. The minimum atomic E-state index is -0.421. The molecule has 0 unspecified atom stereocenters. The van der Waals surface area contributed by atoms with Crippen molar-refractivity contribution in [3.8, 4) is 16.9 Å². The Labute approximate surface area is 179 Å². The topological polar surface area (TPSA) is 35.5 Å². The Bertz CT molecular complexity index is 753. The molecular weight excluding hydrogens is 463 g/mol. The Morgan fingerprint density at radius 3 is 2.54 bits per heavy atom. The van der Waals surface area contributed by atoms with E-state index in [0.717, 1.165) is 18.2 Å². The van der Waals surface area contributed by atoms with Gasteiger partial charge in [0.05, 0.1) is 0 Å². The molecule has 0 spiro atoms. The van der Waals surface area contributed by atoms with Gasteiger partial charge in [0.15, 0.2) is 0 Å². The first-order valence-corrected chi connectivity index (χ1v) is 12.5. The van der Waals surface area contributed by atoms with Crippen LogP contribution in [0.4, 0.5) is 0 Å². The maximum atomic E-state index is 11.1. The van der Waals surface area contributed by atoms with E-state index in [4.69, 9.17) is 9.47 Å². The molecule has 0 aliphatic heterocycles. The summed E-state index contributed by atoms with van der Waals surface area (Å²) in [5.74, 6) is 0.416. The second kappa shape index (κ2) is 12.6. The number of hydrogen-bond acceptors (Lipinski definition) is 3. The van der Waals surface area contributed by atoms with E-state index in [1.807, 2.05) is 6.07 Å². The molecule has 2 rings (SSSR count). The molecule has 28 heavy (non-hydrogen) atoms. The van der Waals surface area contributed by atoms with E-state index in [-0.39, 0.29) is 27.8 Å². The first-order chi connectivity index (χ1) is 13.7. The van der Waals surface area contributed by atoms with Crippen LogP contribution in [0.1, 0.15) is 38.7 Å². The summed E-state index contributed by atoms with van der Waals surface area (Å²) in [6.07, 6.45) is 5.97. The molecule has 2 aromatic carbocycles. The van der Waals surface area contributed by atoms with E-state index >= 15 is 0 Å². The van der Waals surface area contributed by atoms with Gasteiger partial charge in [0, 0.05) is 0 Å². The van der Waals surface area contributed by atoms with Gasteiger partial charge in [0.1, 0.15) is 0 Å². The summed E-state index contributed by atoms with van der Waals surface area (Å²) in [4.78, 5) is 11.1. The molecule has 0 amide bonds. The first-order valence-electron chi connectivity index (χ1n) is 9.92. The predicted octanol–water partition coefficient (Wildman–Crippen LogP) is 2.47. The monoisotopic (exact) mass is 493 g/mol. The molecule has 0 aromatic heterocycles. The normalized spacial score (nSPS) is 10.6. The van der Waals surface area contributed by atoms with Gasteiger partial charge in [-0.2, -0.15) is 0 Å². The summed E-state index contributed by atoms with van der Waals surface area (Å²) in [6, 6.07) is 15.3. The van der Waals surface area contributed by atoms with E-state index in [0.29, 0.717) is 6.61 Å². The Balaban J connectivity index is 2.10. The van der Waals surface area contributed by atoms with Gasteiger partial charge in [-0.15, -0.1) is 0 Å². The van der Waals surface area contributed by atoms with Gasteiger partial charge < -0.3 is 0 Å². The molecule has 0 saturated heterocycles. The third kappa shape index (κ3) is 7.30. The van der Waals surface area contributed by atoms with Gasteiger partial charge >= 0.3 is 180 Å². The van der Waals surface area contributed by atoms with Crippen molar-refractivity contribution in [3.05, 3.63) is 64.3 Å². The molecule has 0 bridgehead atoms. The van der Waals surface area contributed by atoms with Crippen molar-refractivity contribution in [2.24, 2.45) is 0 Å². The fourth-order valence-electron chi connectivity index (χ4n) is 2.72. The number of halogens is 1. The number of aryl methyl sites for hydroxylation is 1. The van der Waals surface area contributed by atoms with Crippen LogP contribution in [0.25, 0.3) is 11.1 Å². The fourth-order valence-corrected chi connectivity index (χ4v) is 5.27. The number of ether oxygens (including phenoxy) is 2. The van der Waals surface area contributed by atoms with Crippen molar-refractivity contribution >= 4 is 5.97 Å². The van der Waals surface area contributed by atoms with Crippen LogP contribution in [0.3, 0.4) is 0 Å². The van der Waals surface area contributed by atoms with Gasteiger partial charge in [0.25, 0.3) is 0 Å². The molecule has 0 atom stereocenters. The number of carbonyl (C=O) groups excluding carboxylic acids is 1. The fraction of sp³-hybridized carbons (Fsp3) is 0.375. The standard InChI is InChI=1S/C24H30IO3/c1-4-7-8-19-9-11-20(12-10-19)22-14-13-21(18-23(22)25-15-5-2)27-16-17-28-24(26)6-3/h6,9-14,18H,3-5,7-8,15-17H2,1-2H3/q-1. The van der Waals surface area contributed by atoms with E-state index in [2.05, 4.69) is 56.8 Å². The van der Waals surface area contributed by atoms with Crippen molar-refractivity contribution in [2.45, 2.75) is 39.5 Å². The number of benzene rings is 2. The average molecular weight is 493 g/mol. The molecular formula is C24H30IO3-. The van der Waals surface area contributed by atoms with Gasteiger partial charge in [-0.3, -0.25) is 0 Å². The van der Waals surface area contributed by atoms with Gasteiger partial charge in [0.2, 0.25) is 0 Å². The zero-order valence-corrected chi connectivity index (χ0v) is 19.0. The van der Waals surface area contributed by atoms with Crippen molar-refractivity contribution in [3.63, 3.8) is 0 Å². The molecule has 2 aromatic rings. The summed E-state index contributed by atoms with van der Waals surface area (Å²) in [5.41, 5.74) is 4.00.